The number of ketones is 1. The van der Waals surface area contributed by atoms with Crippen LogP contribution < -0.4 is 0 Å². The monoisotopic (exact) mass is 187 g/mol. The molecule has 0 atom stereocenters. The third kappa shape index (κ3) is 0.597. The van der Waals surface area contributed by atoms with Gasteiger partial charge in [-0.3, -0.25) is 4.79 Å². The van der Waals surface area contributed by atoms with Gasteiger partial charge in [0.2, 0.25) is 0 Å². The van der Waals surface area contributed by atoms with Crippen LogP contribution >= 0.6 is 0 Å². The molecule has 1 N–H and O–H groups in total. The molecule has 0 radical (unpaired) electrons. The Morgan fingerprint density at radius 1 is 0.929 bits per heavy atom. The fraction of sp³-hybridized carbons (Fsp3) is 0.500. The zero-order valence-electron chi connectivity index (χ0n) is 8.05. The molecule has 0 heterocycles. The predicted molar refractivity (Wildman–Crippen MR) is 54.3 cm³/mol. The van der Waals surface area contributed by atoms with Gasteiger partial charge in [0.1, 0.15) is 0 Å². The third-order valence-electron chi connectivity index (χ3n) is 4.25. The molecule has 3 aliphatic carbocycles. The van der Waals surface area contributed by atoms with Gasteiger partial charge in [0.15, 0.2) is 5.78 Å². The fourth-order valence-electron chi connectivity index (χ4n) is 3.33. The first-order valence-corrected chi connectivity index (χ1v) is 5.17. The van der Waals surface area contributed by atoms with Crippen molar-refractivity contribution < 1.29 is 4.79 Å². The molecule has 3 rings (SSSR count). The highest BCUT2D eigenvalue weighted by molar-refractivity contribution is 6.50. The van der Waals surface area contributed by atoms with Crippen LogP contribution in [0.5, 0.6) is 0 Å². The van der Waals surface area contributed by atoms with E-state index in [1.807, 2.05) is 0 Å². The molecule has 0 aromatic rings. The minimum absolute atomic E-state index is 0.103. The summed E-state index contributed by atoms with van der Waals surface area (Å²) in [5, 5.41) is 7.85. The summed E-state index contributed by atoms with van der Waals surface area (Å²) >= 11 is 0. The molecule has 1 fully saturated rings. The van der Waals surface area contributed by atoms with E-state index >= 15 is 0 Å². The predicted octanol–water partition coefficient (Wildman–Crippen LogP) is 2.26. The molecule has 2 heteroatoms. The van der Waals surface area contributed by atoms with Crippen LogP contribution in [0.3, 0.4) is 0 Å². The van der Waals surface area contributed by atoms with Gasteiger partial charge in [-0.05, 0) is 25.7 Å². The van der Waals surface area contributed by atoms with Gasteiger partial charge in [-0.25, -0.2) is 0 Å². The molecule has 72 valence electrons. The van der Waals surface area contributed by atoms with E-state index in [0.717, 1.165) is 25.7 Å². The number of nitrogens with one attached hydrogen (secondary N) is 1. The van der Waals surface area contributed by atoms with E-state index in [2.05, 4.69) is 24.3 Å². The largest absolute Gasteiger partial charge is 0.301 e. The summed E-state index contributed by atoms with van der Waals surface area (Å²) in [6.45, 7) is 0. The number of hydrogen-bond donors (Lipinski definition) is 1. The molecule has 14 heavy (non-hydrogen) atoms. The maximum absolute atomic E-state index is 11.9. The first kappa shape index (κ1) is 8.16. The smallest absolute Gasteiger partial charge is 0.184 e. The molecule has 0 aromatic heterocycles. The van der Waals surface area contributed by atoms with Gasteiger partial charge in [-0.15, -0.1) is 0 Å². The first-order valence-electron chi connectivity index (χ1n) is 5.17. The molecule has 0 spiro atoms. The van der Waals surface area contributed by atoms with Gasteiger partial charge in [0.25, 0.3) is 0 Å². The van der Waals surface area contributed by atoms with Gasteiger partial charge in [-0.1, -0.05) is 24.3 Å². The zero-order chi connectivity index (χ0) is 9.81. The summed E-state index contributed by atoms with van der Waals surface area (Å²) in [6.07, 6.45) is 12.0. The molecule has 0 unspecified atom stereocenters. The molecule has 0 bridgehead atoms. The Bertz CT molecular complexity index is 335. The van der Waals surface area contributed by atoms with Crippen molar-refractivity contribution in [2.24, 2.45) is 10.8 Å². The quantitative estimate of drug-likeness (QED) is 0.580. The molecular formula is C12H13NO. The third-order valence-corrected chi connectivity index (χ3v) is 4.25. The van der Waals surface area contributed by atoms with Crippen molar-refractivity contribution in [3.05, 3.63) is 24.3 Å². The van der Waals surface area contributed by atoms with Crippen LogP contribution in [0, 0.1) is 16.2 Å². The van der Waals surface area contributed by atoms with E-state index in [4.69, 9.17) is 5.41 Å². The van der Waals surface area contributed by atoms with Crippen molar-refractivity contribution in [2.45, 2.75) is 25.7 Å². The van der Waals surface area contributed by atoms with Crippen molar-refractivity contribution in [3.63, 3.8) is 0 Å². The highest BCUT2D eigenvalue weighted by atomic mass is 16.1. The summed E-state index contributed by atoms with van der Waals surface area (Å²) < 4.78 is 0. The zero-order valence-corrected chi connectivity index (χ0v) is 8.05. The summed E-state index contributed by atoms with van der Waals surface area (Å²) in [7, 11) is 0. The Balaban J connectivity index is 2.18. The van der Waals surface area contributed by atoms with Crippen molar-refractivity contribution in [1.29, 1.82) is 5.41 Å². The van der Waals surface area contributed by atoms with Gasteiger partial charge in [0, 0.05) is 5.41 Å². The lowest BCUT2D eigenvalue weighted by Gasteiger charge is -2.60. The lowest BCUT2D eigenvalue weighted by atomic mass is 9.40. The number of allylic oxidation sites excluding steroid dienone is 4. The first-order chi connectivity index (χ1) is 6.73. The highest BCUT2D eigenvalue weighted by Crippen LogP contribution is 2.63. The molecule has 1 saturated carbocycles. The minimum atomic E-state index is -0.215. The summed E-state index contributed by atoms with van der Waals surface area (Å²) in [4.78, 5) is 11.9. The Morgan fingerprint density at radius 3 is 1.79 bits per heavy atom. The van der Waals surface area contributed by atoms with Gasteiger partial charge < -0.3 is 5.41 Å². The van der Waals surface area contributed by atoms with Crippen LogP contribution in [0.25, 0.3) is 0 Å². The van der Waals surface area contributed by atoms with Crippen molar-refractivity contribution in [3.8, 4) is 0 Å². The maximum atomic E-state index is 11.9. The van der Waals surface area contributed by atoms with Crippen molar-refractivity contribution in [1.82, 2.24) is 0 Å². The molecular weight excluding hydrogens is 174 g/mol. The number of carbonyl (C=O) groups excluding carboxylic acids is 1. The number of rotatable bonds is 0. The lowest BCUT2D eigenvalue weighted by Crippen LogP contribution is -2.68. The van der Waals surface area contributed by atoms with Gasteiger partial charge >= 0.3 is 0 Å². The molecule has 3 aliphatic rings. The van der Waals surface area contributed by atoms with Crippen LogP contribution in [0.4, 0.5) is 0 Å². The van der Waals surface area contributed by atoms with Gasteiger partial charge in [-0.2, -0.15) is 0 Å². The summed E-state index contributed by atoms with van der Waals surface area (Å²) in [6, 6.07) is 0. The Hall–Kier alpha value is -1.18. The van der Waals surface area contributed by atoms with E-state index in [0.29, 0.717) is 5.71 Å². The summed E-state index contributed by atoms with van der Waals surface area (Å²) in [5.74, 6) is 0.103. The number of hydrogen-bond acceptors (Lipinski definition) is 2. The van der Waals surface area contributed by atoms with E-state index in [-0.39, 0.29) is 16.6 Å². The average molecular weight is 187 g/mol. The van der Waals surface area contributed by atoms with Crippen LogP contribution in [0.2, 0.25) is 0 Å². The number of Topliss-reactive ketones (excluding diaryl/α,β-unsaturated/α-hetero) is 1. The topological polar surface area (TPSA) is 40.9 Å². The molecule has 0 aromatic carbocycles. The lowest BCUT2D eigenvalue weighted by molar-refractivity contribution is -0.136. The molecule has 0 saturated heterocycles. The maximum Gasteiger partial charge on any atom is 0.184 e. The fourth-order valence-corrected chi connectivity index (χ4v) is 3.33. The van der Waals surface area contributed by atoms with E-state index in [1.165, 1.54) is 0 Å². The second kappa shape index (κ2) is 2.25. The average Bonchev–Trinajstić information content (AvgIpc) is 2.26. The Kier molecular flexibility index (Phi) is 1.31. The van der Waals surface area contributed by atoms with Crippen molar-refractivity contribution >= 4 is 11.5 Å². The molecule has 2 nitrogen and oxygen atoms in total. The van der Waals surface area contributed by atoms with E-state index in [9.17, 15) is 4.79 Å². The molecule has 0 amide bonds. The molecule has 0 aliphatic heterocycles. The minimum Gasteiger partial charge on any atom is -0.301 e. The van der Waals surface area contributed by atoms with Crippen LogP contribution in [0.1, 0.15) is 25.7 Å². The summed E-state index contributed by atoms with van der Waals surface area (Å²) in [5.41, 5.74) is 0.0486. The van der Waals surface area contributed by atoms with Crippen LogP contribution in [-0.2, 0) is 4.79 Å². The van der Waals surface area contributed by atoms with Gasteiger partial charge in [0.05, 0.1) is 11.1 Å². The second-order valence-corrected chi connectivity index (χ2v) is 4.63. The standard InChI is InChI=1S/C12H13NO/c13-9-10(14)12-7-3-1-5-11(9,12)6-2-4-8-12/h1-4,13H,5-8H2. The Labute approximate surface area is 83.2 Å². The highest BCUT2D eigenvalue weighted by Gasteiger charge is 2.68. The number of carbonyl (C=O) groups is 1. The van der Waals surface area contributed by atoms with E-state index in [1.54, 1.807) is 0 Å². The van der Waals surface area contributed by atoms with E-state index < -0.39 is 0 Å². The van der Waals surface area contributed by atoms with Crippen molar-refractivity contribution in [2.75, 3.05) is 0 Å². The SMILES string of the molecule is N=C1C(=O)C23CC=CCC12CC=CC3. The van der Waals surface area contributed by atoms with Crippen LogP contribution in [-0.4, -0.2) is 11.5 Å². The Morgan fingerprint density at radius 2 is 1.36 bits per heavy atom. The normalized spacial score (nSPS) is 44.3. The van der Waals surface area contributed by atoms with Crippen LogP contribution in [0.15, 0.2) is 24.3 Å². The second-order valence-electron chi connectivity index (χ2n) is 4.63.